The Bertz CT molecular complexity index is 68.7. The molecule has 2 nitrogen and oxygen atoms in total. The predicted molar refractivity (Wildman–Crippen MR) is 57.2 cm³/mol. The van der Waals surface area contributed by atoms with Gasteiger partial charge in [-0.05, 0) is 27.7 Å². The SMILES string of the molecule is Br.Br.CC(C)(N)C(C)(C)N. The molecule has 4 N–H and O–H groups in total. The van der Waals surface area contributed by atoms with Gasteiger partial charge in [-0.3, -0.25) is 0 Å². The summed E-state index contributed by atoms with van der Waals surface area (Å²) in [6.45, 7) is 7.69. The largest absolute Gasteiger partial charge is 0.324 e. The van der Waals surface area contributed by atoms with E-state index in [1.54, 1.807) is 0 Å². The van der Waals surface area contributed by atoms with Gasteiger partial charge >= 0.3 is 0 Å². The maximum atomic E-state index is 5.69. The lowest BCUT2D eigenvalue weighted by molar-refractivity contribution is 0.309. The molecule has 0 aromatic carbocycles. The third kappa shape index (κ3) is 5.65. The zero-order chi connectivity index (χ0) is 7.00. The van der Waals surface area contributed by atoms with Crippen molar-refractivity contribution in [3.63, 3.8) is 0 Å². The standard InChI is InChI=1S/C6H16N2.2BrH/c1-5(2,7)6(3,4)8;;/h7-8H2,1-4H3;2*1H. The Hall–Kier alpha value is 0.880. The molecule has 0 aliphatic heterocycles. The molecule has 0 saturated carbocycles. The van der Waals surface area contributed by atoms with Gasteiger partial charge < -0.3 is 11.5 Å². The highest BCUT2D eigenvalue weighted by molar-refractivity contribution is 8.93. The van der Waals surface area contributed by atoms with E-state index >= 15 is 0 Å². The number of hydrogen-bond donors (Lipinski definition) is 2. The normalized spacial score (nSPS) is 11.4. The van der Waals surface area contributed by atoms with Gasteiger partial charge in [-0.2, -0.15) is 0 Å². The minimum Gasteiger partial charge on any atom is -0.324 e. The second-order valence-corrected chi connectivity index (χ2v) is 3.44. The summed E-state index contributed by atoms with van der Waals surface area (Å²) in [4.78, 5) is 0. The number of hydrogen-bond acceptors (Lipinski definition) is 2. The molecule has 0 aromatic heterocycles. The van der Waals surface area contributed by atoms with Gasteiger partial charge in [-0.1, -0.05) is 0 Å². The van der Waals surface area contributed by atoms with Crippen LogP contribution in [0.5, 0.6) is 0 Å². The molecule has 4 heteroatoms. The smallest absolute Gasteiger partial charge is 0.0274 e. The molecular weight excluding hydrogens is 260 g/mol. The first-order valence-corrected chi connectivity index (χ1v) is 2.83. The summed E-state index contributed by atoms with van der Waals surface area (Å²) in [5, 5.41) is 0. The molecule has 0 radical (unpaired) electrons. The highest BCUT2D eigenvalue weighted by Crippen LogP contribution is 2.13. The Morgan fingerprint density at radius 3 is 0.800 bits per heavy atom. The van der Waals surface area contributed by atoms with Crippen molar-refractivity contribution in [3.05, 3.63) is 0 Å². The topological polar surface area (TPSA) is 52.0 Å². The van der Waals surface area contributed by atoms with Gasteiger partial charge in [0.25, 0.3) is 0 Å². The maximum absolute atomic E-state index is 5.69. The van der Waals surface area contributed by atoms with E-state index in [1.165, 1.54) is 0 Å². The molecule has 0 rings (SSSR count). The van der Waals surface area contributed by atoms with Crippen LogP contribution in [-0.2, 0) is 0 Å². The fourth-order valence-electron chi connectivity index (χ4n) is 0. The second kappa shape index (κ2) is 4.70. The maximum Gasteiger partial charge on any atom is 0.0274 e. The van der Waals surface area contributed by atoms with Crippen molar-refractivity contribution in [2.24, 2.45) is 11.5 Å². The van der Waals surface area contributed by atoms with Crippen molar-refractivity contribution in [1.82, 2.24) is 0 Å². The van der Waals surface area contributed by atoms with Crippen LogP contribution in [0.15, 0.2) is 0 Å². The van der Waals surface area contributed by atoms with Gasteiger partial charge in [-0.15, -0.1) is 34.0 Å². The van der Waals surface area contributed by atoms with E-state index in [1.807, 2.05) is 27.7 Å². The molecule has 0 unspecified atom stereocenters. The third-order valence-electron chi connectivity index (χ3n) is 1.66. The van der Waals surface area contributed by atoms with Crippen LogP contribution in [0.2, 0.25) is 0 Å². The monoisotopic (exact) mass is 276 g/mol. The zero-order valence-electron chi connectivity index (χ0n) is 6.97. The molecular formula is C6H18Br2N2. The molecule has 10 heavy (non-hydrogen) atoms. The van der Waals surface area contributed by atoms with Crippen molar-refractivity contribution in [2.75, 3.05) is 0 Å². The number of halogens is 2. The van der Waals surface area contributed by atoms with Gasteiger partial charge in [-0.25, -0.2) is 0 Å². The summed E-state index contributed by atoms with van der Waals surface area (Å²) >= 11 is 0. The Balaban J connectivity index is -0.000000245. The van der Waals surface area contributed by atoms with Gasteiger partial charge in [0.2, 0.25) is 0 Å². The molecule has 0 atom stereocenters. The van der Waals surface area contributed by atoms with E-state index in [0.29, 0.717) is 0 Å². The van der Waals surface area contributed by atoms with Crippen LogP contribution in [0.4, 0.5) is 0 Å². The van der Waals surface area contributed by atoms with Crippen LogP contribution in [0.25, 0.3) is 0 Å². The van der Waals surface area contributed by atoms with Crippen molar-refractivity contribution >= 4 is 34.0 Å². The van der Waals surface area contributed by atoms with E-state index < -0.39 is 0 Å². The Kier molecular flexibility index (Phi) is 8.03. The quantitative estimate of drug-likeness (QED) is 0.765. The van der Waals surface area contributed by atoms with Crippen LogP contribution in [0.3, 0.4) is 0 Å². The molecule has 0 aromatic rings. The Morgan fingerprint density at radius 2 is 0.800 bits per heavy atom. The van der Waals surface area contributed by atoms with Crippen molar-refractivity contribution < 1.29 is 0 Å². The fraction of sp³-hybridized carbons (Fsp3) is 1.00. The number of nitrogens with two attached hydrogens (primary N) is 2. The van der Waals surface area contributed by atoms with Gasteiger partial charge in [0.05, 0.1) is 0 Å². The average Bonchev–Trinajstić information content (AvgIpc) is 1.25. The van der Waals surface area contributed by atoms with Crippen molar-refractivity contribution in [2.45, 2.75) is 38.8 Å². The zero-order valence-corrected chi connectivity index (χ0v) is 10.4. The third-order valence-corrected chi connectivity index (χ3v) is 1.66. The average molecular weight is 278 g/mol. The summed E-state index contributed by atoms with van der Waals surface area (Å²) in [6.07, 6.45) is 0. The Morgan fingerprint density at radius 1 is 0.700 bits per heavy atom. The van der Waals surface area contributed by atoms with E-state index in [-0.39, 0.29) is 45.0 Å². The van der Waals surface area contributed by atoms with Crippen molar-refractivity contribution in [1.29, 1.82) is 0 Å². The minimum atomic E-state index is -0.285. The van der Waals surface area contributed by atoms with E-state index in [9.17, 15) is 0 Å². The second-order valence-electron chi connectivity index (χ2n) is 3.44. The van der Waals surface area contributed by atoms with E-state index in [4.69, 9.17) is 11.5 Å². The Labute approximate surface area is 84.3 Å². The first-order chi connectivity index (χ1) is 3.25. The molecule has 0 fully saturated rings. The van der Waals surface area contributed by atoms with Gasteiger partial charge in [0, 0.05) is 11.1 Å². The van der Waals surface area contributed by atoms with Crippen LogP contribution in [0, 0.1) is 0 Å². The van der Waals surface area contributed by atoms with Crippen LogP contribution < -0.4 is 11.5 Å². The summed E-state index contributed by atoms with van der Waals surface area (Å²) in [6, 6.07) is 0. The lowest BCUT2D eigenvalue weighted by Gasteiger charge is -2.34. The molecule has 0 spiro atoms. The van der Waals surface area contributed by atoms with Gasteiger partial charge in [0.15, 0.2) is 0 Å². The molecule has 0 saturated heterocycles. The molecule has 66 valence electrons. The van der Waals surface area contributed by atoms with Crippen molar-refractivity contribution in [3.8, 4) is 0 Å². The molecule has 0 aliphatic carbocycles. The highest BCUT2D eigenvalue weighted by Gasteiger charge is 2.28. The van der Waals surface area contributed by atoms with Gasteiger partial charge in [0.1, 0.15) is 0 Å². The first kappa shape index (κ1) is 17.1. The lowest BCUT2D eigenvalue weighted by atomic mass is 9.85. The van der Waals surface area contributed by atoms with E-state index in [2.05, 4.69) is 0 Å². The lowest BCUT2D eigenvalue weighted by Crippen LogP contribution is -2.58. The minimum absolute atomic E-state index is 0. The highest BCUT2D eigenvalue weighted by atomic mass is 79.9. The van der Waals surface area contributed by atoms with E-state index in [0.717, 1.165) is 0 Å². The summed E-state index contributed by atoms with van der Waals surface area (Å²) in [7, 11) is 0. The predicted octanol–water partition coefficient (Wildman–Crippen LogP) is 1.62. The van der Waals surface area contributed by atoms with Crippen LogP contribution in [0.1, 0.15) is 27.7 Å². The summed E-state index contributed by atoms with van der Waals surface area (Å²) in [5.74, 6) is 0. The van der Waals surface area contributed by atoms with Crippen LogP contribution >= 0.6 is 34.0 Å². The van der Waals surface area contributed by atoms with Crippen LogP contribution in [-0.4, -0.2) is 11.1 Å². The summed E-state index contributed by atoms with van der Waals surface area (Å²) < 4.78 is 0. The number of rotatable bonds is 1. The summed E-state index contributed by atoms with van der Waals surface area (Å²) in [5.41, 5.74) is 10.8. The molecule has 0 amide bonds. The molecule has 0 heterocycles. The molecule has 0 bridgehead atoms. The first-order valence-electron chi connectivity index (χ1n) is 2.83. The fourth-order valence-corrected chi connectivity index (χ4v) is 0. The molecule has 0 aliphatic rings.